The number of likely N-dealkylation sites (tertiary alicyclic amines) is 1. The number of carbonyl (C=O) groups excluding carboxylic acids is 2. The first-order valence-corrected chi connectivity index (χ1v) is 10.4. The van der Waals surface area contributed by atoms with Crippen LogP contribution in [0.4, 0.5) is 10.2 Å². The average Bonchev–Trinajstić information content (AvgIpc) is 3.18. The lowest BCUT2D eigenvalue weighted by molar-refractivity contribution is -0.130. The van der Waals surface area contributed by atoms with Crippen LogP contribution in [0, 0.1) is 11.7 Å². The van der Waals surface area contributed by atoms with E-state index in [1.807, 2.05) is 6.92 Å². The van der Waals surface area contributed by atoms with E-state index in [9.17, 15) is 9.59 Å². The average molecular weight is 429 g/mol. The smallest absolute Gasteiger partial charge is 0.246 e. The molecule has 1 aliphatic rings. The third-order valence-corrected chi connectivity index (χ3v) is 5.70. The zero-order valence-corrected chi connectivity index (χ0v) is 18.2. The SMILES string of the molecule is C=CC(=O)N1CCC[C@H](CNc2nc(-c3cnn(C)c3)cc(CNC(C)=O)c2F)[C@@H]1C. The Morgan fingerprint density at radius 3 is 2.84 bits per heavy atom. The monoisotopic (exact) mass is 428 g/mol. The molecule has 2 N–H and O–H groups in total. The first kappa shape index (κ1) is 22.5. The Kier molecular flexibility index (Phi) is 7.04. The number of halogens is 1. The van der Waals surface area contributed by atoms with Crippen molar-refractivity contribution < 1.29 is 14.0 Å². The number of amides is 2. The number of piperidine rings is 1. The molecular formula is C22H29FN6O2. The van der Waals surface area contributed by atoms with E-state index in [1.165, 1.54) is 13.0 Å². The maximum absolute atomic E-state index is 15.2. The van der Waals surface area contributed by atoms with E-state index >= 15 is 4.39 Å². The summed E-state index contributed by atoms with van der Waals surface area (Å²) in [6, 6.07) is 1.64. The highest BCUT2D eigenvalue weighted by atomic mass is 19.1. The lowest BCUT2D eigenvalue weighted by Gasteiger charge is -2.39. The van der Waals surface area contributed by atoms with Gasteiger partial charge in [0.25, 0.3) is 0 Å². The highest BCUT2D eigenvalue weighted by Crippen LogP contribution is 2.27. The van der Waals surface area contributed by atoms with E-state index in [1.54, 1.807) is 35.1 Å². The van der Waals surface area contributed by atoms with Crippen molar-refractivity contribution in [2.45, 2.75) is 39.3 Å². The fourth-order valence-electron chi connectivity index (χ4n) is 3.90. The number of anilines is 1. The van der Waals surface area contributed by atoms with Crippen molar-refractivity contribution >= 4 is 17.6 Å². The molecule has 2 aromatic heterocycles. The maximum atomic E-state index is 15.2. The Morgan fingerprint density at radius 1 is 1.42 bits per heavy atom. The number of nitrogens with zero attached hydrogens (tertiary/aromatic N) is 4. The Labute approximate surface area is 181 Å². The van der Waals surface area contributed by atoms with Gasteiger partial charge in [0, 0.05) is 57.0 Å². The van der Waals surface area contributed by atoms with Crippen molar-refractivity contribution in [1.82, 2.24) is 25.0 Å². The van der Waals surface area contributed by atoms with Gasteiger partial charge in [0.2, 0.25) is 11.8 Å². The lowest BCUT2D eigenvalue weighted by atomic mass is 9.90. The van der Waals surface area contributed by atoms with Crippen molar-refractivity contribution in [3.63, 3.8) is 0 Å². The molecule has 0 radical (unpaired) electrons. The molecular weight excluding hydrogens is 399 g/mol. The first-order chi connectivity index (χ1) is 14.8. The van der Waals surface area contributed by atoms with Crippen LogP contribution in [0.25, 0.3) is 11.3 Å². The molecule has 1 aliphatic heterocycles. The molecule has 31 heavy (non-hydrogen) atoms. The van der Waals surface area contributed by atoms with Gasteiger partial charge in [-0.3, -0.25) is 14.3 Å². The zero-order valence-electron chi connectivity index (χ0n) is 18.2. The molecule has 0 saturated carbocycles. The number of carbonyl (C=O) groups is 2. The molecule has 9 heteroatoms. The molecule has 2 amide bonds. The third kappa shape index (κ3) is 5.28. The van der Waals surface area contributed by atoms with Gasteiger partial charge in [-0.25, -0.2) is 9.37 Å². The second-order valence-corrected chi connectivity index (χ2v) is 7.90. The molecule has 1 fully saturated rings. The van der Waals surface area contributed by atoms with E-state index in [2.05, 4.69) is 27.3 Å². The molecule has 2 aromatic rings. The minimum Gasteiger partial charge on any atom is -0.367 e. The van der Waals surface area contributed by atoms with Gasteiger partial charge in [0.15, 0.2) is 11.6 Å². The van der Waals surface area contributed by atoms with E-state index < -0.39 is 5.82 Å². The predicted molar refractivity (Wildman–Crippen MR) is 117 cm³/mol. The number of aryl methyl sites for hydroxylation is 1. The minimum absolute atomic E-state index is 0.00941. The number of rotatable bonds is 7. The summed E-state index contributed by atoms with van der Waals surface area (Å²) >= 11 is 0. The van der Waals surface area contributed by atoms with E-state index in [0.717, 1.165) is 18.4 Å². The van der Waals surface area contributed by atoms with Crippen molar-refractivity contribution in [2.24, 2.45) is 13.0 Å². The molecule has 0 unspecified atom stereocenters. The van der Waals surface area contributed by atoms with Crippen LogP contribution >= 0.6 is 0 Å². The van der Waals surface area contributed by atoms with Gasteiger partial charge in [-0.2, -0.15) is 5.10 Å². The molecule has 3 rings (SSSR count). The second kappa shape index (κ2) is 9.72. The van der Waals surface area contributed by atoms with Gasteiger partial charge in [-0.15, -0.1) is 0 Å². The summed E-state index contributed by atoms with van der Waals surface area (Å²) in [6.07, 6.45) is 6.61. The predicted octanol–water partition coefficient (Wildman–Crippen LogP) is 2.48. The summed E-state index contributed by atoms with van der Waals surface area (Å²) in [7, 11) is 1.80. The maximum Gasteiger partial charge on any atom is 0.246 e. The third-order valence-electron chi connectivity index (χ3n) is 5.70. The fraction of sp³-hybridized carbons (Fsp3) is 0.455. The van der Waals surface area contributed by atoms with E-state index in [4.69, 9.17) is 0 Å². The zero-order chi connectivity index (χ0) is 22.5. The Bertz CT molecular complexity index is 973. The van der Waals surface area contributed by atoms with Crippen LogP contribution in [0.2, 0.25) is 0 Å². The number of aromatic nitrogens is 3. The van der Waals surface area contributed by atoms with Gasteiger partial charge in [0.05, 0.1) is 11.9 Å². The second-order valence-electron chi connectivity index (χ2n) is 7.90. The van der Waals surface area contributed by atoms with Crippen molar-refractivity contribution in [1.29, 1.82) is 0 Å². The summed E-state index contributed by atoms with van der Waals surface area (Å²) in [4.78, 5) is 29.7. The van der Waals surface area contributed by atoms with E-state index in [0.29, 0.717) is 24.3 Å². The summed E-state index contributed by atoms with van der Waals surface area (Å²) in [5.41, 5.74) is 1.66. The topological polar surface area (TPSA) is 92.2 Å². The van der Waals surface area contributed by atoms with Crippen molar-refractivity contribution in [3.8, 4) is 11.3 Å². The molecule has 1 saturated heterocycles. The molecule has 8 nitrogen and oxygen atoms in total. The lowest BCUT2D eigenvalue weighted by Crippen LogP contribution is -2.48. The summed E-state index contributed by atoms with van der Waals surface area (Å²) < 4.78 is 16.8. The molecule has 0 aliphatic carbocycles. The van der Waals surface area contributed by atoms with Crippen molar-refractivity contribution in [2.75, 3.05) is 18.4 Å². The Hall–Kier alpha value is -3.23. The van der Waals surface area contributed by atoms with Crippen LogP contribution in [0.15, 0.2) is 31.1 Å². The fourth-order valence-corrected chi connectivity index (χ4v) is 3.90. The van der Waals surface area contributed by atoms with Crippen LogP contribution in [-0.2, 0) is 23.2 Å². The highest BCUT2D eigenvalue weighted by Gasteiger charge is 2.30. The number of hydrogen-bond acceptors (Lipinski definition) is 5. The van der Waals surface area contributed by atoms with E-state index in [-0.39, 0.29) is 36.1 Å². The standard InChI is InChI=1S/C22H29FN6O2/c1-5-20(31)29-8-6-7-16(14(29)2)10-25-22-21(23)17(11-24-15(3)30)9-19(27-22)18-12-26-28(4)13-18/h5,9,12-14,16H,1,6-8,10-11H2,2-4H3,(H,24,30)(H,25,27)/t14-,16+/m0/s1. The largest absolute Gasteiger partial charge is 0.367 e. The Morgan fingerprint density at radius 2 is 2.19 bits per heavy atom. The first-order valence-electron chi connectivity index (χ1n) is 10.4. The molecule has 0 aromatic carbocycles. The molecule has 0 spiro atoms. The van der Waals surface area contributed by atoms with Crippen LogP contribution < -0.4 is 10.6 Å². The number of hydrogen-bond donors (Lipinski definition) is 2. The van der Waals surface area contributed by atoms with Crippen LogP contribution in [0.1, 0.15) is 32.3 Å². The van der Waals surface area contributed by atoms with Gasteiger partial charge in [-0.1, -0.05) is 6.58 Å². The van der Waals surface area contributed by atoms with Crippen LogP contribution in [0.5, 0.6) is 0 Å². The molecule has 166 valence electrons. The van der Waals surface area contributed by atoms with Gasteiger partial charge in [-0.05, 0) is 37.8 Å². The quantitative estimate of drug-likeness (QED) is 0.661. The van der Waals surface area contributed by atoms with Gasteiger partial charge >= 0.3 is 0 Å². The molecule has 2 atom stereocenters. The number of nitrogens with one attached hydrogen (secondary N) is 2. The van der Waals surface area contributed by atoms with Crippen LogP contribution in [-0.4, -0.2) is 50.6 Å². The summed E-state index contributed by atoms with van der Waals surface area (Å²) in [6.45, 7) is 8.21. The number of pyridine rings is 1. The van der Waals surface area contributed by atoms with Gasteiger partial charge in [0.1, 0.15) is 0 Å². The van der Waals surface area contributed by atoms with Gasteiger partial charge < -0.3 is 15.5 Å². The Balaban J connectivity index is 1.83. The normalized spacial score (nSPS) is 18.5. The van der Waals surface area contributed by atoms with Crippen molar-refractivity contribution in [3.05, 3.63) is 42.5 Å². The van der Waals surface area contributed by atoms with Crippen LogP contribution in [0.3, 0.4) is 0 Å². The highest BCUT2D eigenvalue weighted by molar-refractivity contribution is 5.87. The molecule has 0 bridgehead atoms. The molecule has 3 heterocycles. The summed E-state index contributed by atoms with van der Waals surface area (Å²) in [5, 5.41) is 9.95. The summed E-state index contributed by atoms with van der Waals surface area (Å²) in [5.74, 6) is -0.543. The minimum atomic E-state index is -0.496.